The third-order valence-corrected chi connectivity index (χ3v) is 2.27. The Labute approximate surface area is 87.0 Å². The molecule has 1 heterocycles. The minimum Gasteiger partial charge on any atom is -0.212 e. The standard InChI is InChI=1S/C12H8N3/c1-2-6-10(7-3-1)15-12-9-5-4-8-11(12)13-14-15/h1-6,8-9H. The first-order valence-corrected chi connectivity index (χ1v) is 4.73. The van der Waals surface area contributed by atoms with Crippen LogP contribution in [0.2, 0.25) is 0 Å². The summed E-state index contributed by atoms with van der Waals surface area (Å²) in [6, 6.07) is 18.7. The predicted octanol–water partition coefficient (Wildman–Crippen LogP) is 2.22. The summed E-state index contributed by atoms with van der Waals surface area (Å²) >= 11 is 0. The summed E-state index contributed by atoms with van der Waals surface area (Å²) in [7, 11) is 0. The Morgan fingerprint density at radius 3 is 2.73 bits per heavy atom. The maximum Gasteiger partial charge on any atom is 0.113 e. The molecule has 0 fully saturated rings. The Kier molecular flexibility index (Phi) is 1.75. The molecular formula is C12H8N3. The molecule has 3 rings (SSSR count). The topological polar surface area (TPSA) is 30.7 Å². The van der Waals surface area contributed by atoms with Crippen molar-refractivity contribution in [3.8, 4) is 5.69 Å². The van der Waals surface area contributed by atoms with Crippen molar-refractivity contribution in [2.75, 3.05) is 0 Å². The van der Waals surface area contributed by atoms with Crippen LogP contribution in [0.15, 0.2) is 48.5 Å². The zero-order valence-corrected chi connectivity index (χ0v) is 7.96. The normalized spacial score (nSPS) is 10.7. The fourth-order valence-electron chi connectivity index (χ4n) is 1.56. The number of fused-ring (bicyclic) bond motifs is 1. The van der Waals surface area contributed by atoms with E-state index in [0.717, 1.165) is 16.7 Å². The summed E-state index contributed by atoms with van der Waals surface area (Å²) in [5.74, 6) is 0. The smallest absolute Gasteiger partial charge is 0.113 e. The predicted molar refractivity (Wildman–Crippen MR) is 57.7 cm³/mol. The molecule has 3 aromatic rings. The van der Waals surface area contributed by atoms with E-state index in [0.29, 0.717) is 0 Å². The van der Waals surface area contributed by atoms with Crippen molar-refractivity contribution in [2.24, 2.45) is 0 Å². The van der Waals surface area contributed by atoms with Crippen molar-refractivity contribution < 1.29 is 0 Å². The number of hydrogen-bond acceptors (Lipinski definition) is 2. The molecule has 3 heteroatoms. The molecule has 0 bridgehead atoms. The molecule has 0 spiro atoms. The fraction of sp³-hybridized carbons (Fsp3) is 0. The Bertz CT molecular complexity index is 584. The van der Waals surface area contributed by atoms with Crippen molar-refractivity contribution in [1.82, 2.24) is 15.0 Å². The highest BCUT2D eigenvalue weighted by molar-refractivity contribution is 5.75. The second-order valence-corrected chi connectivity index (χ2v) is 3.24. The number of rotatable bonds is 1. The van der Waals surface area contributed by atoms with Crippen LogP contribution in [0.4, 0.5) is 0 Å². The zero-order chi connectivity index (χ0) is 10.1. The van der Waals surface area contributed by atoms with Crippen LogP contribution in [0, 0.1) is 6.07 Å². The molecule has 0 atom stereocenters. The lowest BCUT2D eigenvalue weighted by Gasteiger charge is -1.99. The summed E-state index contributed by atoms with van der Waals surface area (Å²) in [6.45, 7) is 0. The molecule has 0 amide bonds. The highest BCUT2D eigenvalue weighted by Gasteiger charge is 2.04. The van der Waals surface area contributed by atoms with Crippen molar-refractivity contribution >= 4 is 11.0 Å². The molecule has 0 aliphatic rings. The average Bonchev–Trinajstić information content (AvgIpc) is 2.74. The summed E-state index contributed by atoms with van der Waals surface area (Å²) in [5.41, 5.74) is 2.81. The van der Waals surface area contributed by atoms with Gasteiger partial charge in [0.2, 0.25) is 0 Å². The lowest BCUT2D eigenvalue weighted by Crippen LogP contribution is -1.95. The lowest BCUT2D eigenvalue weighted by atomic mass is 10.3. The van der Waals surface area contributed by atoms with E-state index >= 15 is 0 Å². The maximum atomic E-state index is 4.10. The van der Waals surface area contributed by atoms with Crippen molar-refractivity contribution in [3.63, 3.8) is 0 Å². The van der Waals surface area contributed by atoms with Crippen LogP contribution in [-0.2, 0) is 0 Å². The number of benzene rings is 2. The van der Waals surface area contributed by atoms with Gasteiger partial charge in [-0.05, 0) is 18.2 Å². The van der Waals surface area contributed by atoms with E-state index in [9.17, 15) is 0 Å². The third kappa shape index (κ3) is 1.29. The number of hydrogen-bond donors (Lipinski definition) is 0. The minimum absolute atomic E-state index is 0.898. The van der Waals surface area contributed by atoms with Crippen LogP contribution < -0.4 is 0 Å². The summed E-state index contributed by atoms with van der Waals surface area (Å²) in [6.07, 6.45) is 0. The molecule has 0 saturated carbocycles. The fourth-order valence-corrected chi connectivity index (χ4v) is 1.56. The molecule has 0 aliphatic heterocycles. The quantitative estimate of drug-likeness (QED) is 0.594. The SMILES string of the molecule is [c]1ccccc1-n1nnc2ccccc21. The van der Waals surface area contributed by atoms with Crippen LogP contribution in [0.5, 0.6) is 0 Å². The lowest BCUT2D eigenvalue weighted by molar-refractivity contribution is 0.823. The first-order valence-electron chi connectivity index (χ1n) is 4.73. The number of para-hydroxylation sites is 2. The largest absolute Gasteiger partial charge is 0.212 e. The van der Waals surface area contributed by atoms with Crippen LogP contribution in [0.1, 0.15) is 0 Å². The minimum atomic E-state index is 0.898. The first-order chi connectivity index (χ1) is 7.45. The van der Waals surface area contributed by atoms with E-state index in [1.807, 2.05) is 48.5 Å². The molecule has 0 aliphatic carbocycles. The molecular weight excluding hydrogens is 186 g/mol. The molecule has 15 heavy (non-hydrogen) atoms. The maximum absolute atomic E-state index is 4.10. The first kappa shape index (κ1) is 8.17. The van der Waals surface area contributed by atoms with Gasteiger partial charge in [-0.15, -0.1) is 5.10 Å². The van der Waals surface area contributed by atoms with E-state index in [1.54, 1.807) is 4.68 Å². The molecule has 0 saturated heterocycles. The van der Waals surface area contributed by atoms with E-state index in [2.05, 4.69) is 16.4 Å². The second-order valence-electron chi connectivity index (χ2n) is 3.24. The number of aromatic nitrogens is 3. The van der Waals surface area contributed by atoms with E-state index < -0.39 is 0 Å². The second kappa shape index (κ2) is 3.20. The van der Waals surface area contributed by atoms with Crippen molar-refractivity contribution in [3.05, 3.63) is 54.6 Å². The molecule has 1 radical (unpaired) electrons. The monoisotopic (exact) mass is 194 g/mol. The van der Waals surface area contributed by atoms with Gasteiger partial charge in [-0.25, -0.2) is 4.68 Å². The Morgan fingerprint density at radius 2 is 1.87 bits per heavy atom. The number of nitrogens with zero attached hydrogens (tertiary/aromatic N) is 3. The van der Waals surface area contributed by atoms with Gasteiger partial charge in [-0.1, -0.05) is 35.5 Å². The van der Waals surface area contributed by atoms with Crippen molar-refractivity contribution in [2.45, 2.75) is 0 Å². The van der Waals surface area contributed by atoms with Crippen LogP contribution in [0.25, 0.3) is 16.7 Å². The summed E-state index contributed by atoms with van der Waals surface area (Å²) in [5, 5.41) is 8.19. The Balaban J connectivity index is 2.28. The van der Waals surface area contributed by atoms with Gasteiger partial charge in [-0.3, -0.25) is 0 Å². The van der Waals surface area contributed by atoms with Gasteiger partial charge in [0.1, 0.15) is 5.52 Å². The molecule has 0 unspecified atom stereocenters. The summed E-state index contributed by atoms with van der Waals surface area (Å²) < 4.78 is 1.79. The zero-order valence-electron chi connectivity index (χ0n) is 7.96. The molecule has 71 valence electrons. The highest BCUT2D eigenvalue weighted by Crippen LogP contribution is 2.14. The molecule has 2 aromatic carbocycles. The van der Waals surface area contributed by atoms with Gasteiger partial charge in [0.15, 0.2) is 0 Å². The van der Waals surface area contributed by atoms with E-state index in [1.165, 1.54) is 0 Å². The van der Waals surface area contributed by atoms with Crippen LogP contribution in [-0.4, -0.2) is 15.0 Å². The third-order valence-electron chi connectivity index (χ3n) is 2.27. The Hall–Kier alpha value is -2.16. The Morgan fingerprint density at radius 1 is 1.00 bits per heavy atom. The van der Waals surface area contributed by atoms with Gasteiger partial charge in [-0.2, -0.15) is 0 Å². The summed E-state index contributed by atoms with van der Waals surface area (Å²) in [4.78, 5) is 0. The van der Waals surface area contributed by atoms with Crippen LogP contribution >= 0.6 is 0 Å². The van der Waals surface area contributed by atoms with E-state index in [-0.39, 0.29) is 0 Å². The average molecular weight is 194 g/mol. The van der Waals surface area contributed by atoms with Crippen LogP contribution in [0.3, 0.4) is 0 Å². The van der Waals surface area contributed by atoms with E-state index in [4.69, 9.17) is 0 Å². The molecule has 1 aromatic heterocycles. The van der Waals surface area contributed by atoms with Gasteiger partial charge >= 0.3 is 0 Å². The van der Waals surface area contributed by atoms with Gasteiger partial charge in [0, 0.05) is 6.07 Å². The van der Waals surface area contributed by atoms with Gasteiger partial charge < -0.3 is 0 Å². The molecule has 3 nitrogen and oxygen atoms in total. The van der Waals surface area contributed by atoms with Crippen molar-refractivity contribution in [1.29, 1.82) is 0 Å². The highest BCUT2D eigenvalue weighted by atomic mass is 15.4. The molecule has 0 N–H and O–H groups in total. The van der Waals surface area contributed by atoms with Gasteiger partial charge in [0.25, 0.3) is 0 Å². The van der Waals surface area contributed by atoms with Gasteiger partial charge in [0.05, 0.1) is 11.2 Å².